The fourth-order valence-corrected chi connectivity index (χ4v) is 6.45. The highest BCUT2D eigenvalue weighted by Gasteiger charge is 2.30. The largest absolute Gasteiger partial charge is 0.354 e. The number of rotatable bonds is 9. The van der Waals surface area contributed by atoms with Gasteiger partial charge in [-0.05, 0) is 85.3 Å². The van der Waals surface area contributed by atoms with Crippen LogP contribution in [0, 0.1) is 0 Å². The summed E-state index contributed by atoms with van der Waals surface area (Å²) in [4.78, 5) is 29.3. The Labute approximate surface area is 251 Å². The molecule has 1 atom stereocenters. The highest BCUT2D eigenvalue weighted by molar-refractivity contribution is 7.08. The molecule has 0 aliphatic carbocycles. The number of amides is 2. The van der Waals surface area contributed by atoms with Crippen LogP contribution in [0.4, 0.5) is 11.4 Å². The van der Waals surface area contributed by atoms with Crippen LogP contribution < -0.4 is 16.0 Å². The van der Waals surface area contributed by atoms with E-state index in [1.807, 2.05) is 59.3 Å². The molecule has 0 spiro atoms. The van der Waals surface area contributed by atoms with Crippen LogP contribution in [-0.2, 0) is 11.3 Å². The van der Waals surface area contributed by atoms with Crippen molar-refractivity contribution in [1.82, 2.24) is 10.2 Å². The zero-order valence-corrected chi connectivity index (χ0v) is 24.7. The molecule has 42 heavy (non-hydrogen) atoms. The van der Waals surface area contributed by atoms with Gasteiger partial charge in [-0.1, -0.05) is 55.8 Å². The van der Waals surface area contributed by atoms with Crippen molar-refractivity contribution in [1.29, 1.82) is 0 Å². The van der Waals surface area contributed by atoms with Gasteiger partial charge in [0.25, 0.3) is 11.8 Å². The van der Waals surface area contributed by atoms with Crippen LogP contribution >= 0.6 is 11.3 Å². The molecular formula is C35H36N4O2S. The van der Waals surface area contributed by atoms with E-state index in [0.717, 1.165) is 54.1 Å². The predicted molar refractivity (Wildman–Crippen MR) is 172 cm³/mol. The summed E-state index contributed by atoms with van der Waals surface area (Å²) in [5.74, 6) is -0.352. The zero-order valence-electron chi connectivity index (χ0n) is 23.9. The number of carbonyl (C=O) groups excluding carboxylic acids is 2. The molecule has 3 N–H and O–H groups in total. The molecule has 7 heteroatoms. The van der Waals surface area contributed by atoms with E-state index in [2.05, 4.69) is 52.0 Å². The minimum absolute atomic E-state index is 0.0948. The van der Waals surface area contributed by atoms with E-state index in [9.17, 15) is 9.59 Å². The molecule has 3 heterocycles. The number of hydrogen-bond donors (Lipinski definition) is 3. The Balaban J connectivity index is 1.29. The van der Waals surface area contributed by atoms with E-state index in [1.165, 1.54) is 24.8 Å². The Morgan fingerprint density at radius 3 is 2.45 bits per heavy atom. The number of nitrogens with zero attached hydrogens (tertiary/aromatic N) is 1. The molecule has 2 aliphatic rings. The first-order chi connectivity index (χ1) is 20.6. The average molecular weight is 577 g/mol. The summed E-state index contributed by atoms with van der Waals surface area (Å²) in [6.07, 6.45) is 4.65. The molecule has 0 radical (unpaired) electrons. The van der Waals surface area contributed by atoms with Crippen molar-refractivity contribution in [3.8, 4) is 0 Å². The van der Waals surface area contributed by atoms with Gasteiger partial charge in [0, 0.05) is 40.0 Å². The Kier molecular flexibility index (Phi) is 8.49. The molecule has 3 aromatic carbocycles. The standard InChI is InChI=1S/C35H36N4O2S/c1-2-30(25-9-5-3-6-10-25)37-34(40)26-13-16-31-29(21-26)32(35(41)38-31)33(27-17-20-42-23-27)36-28-14-11-24(12-15-28)22-39-18-7-4-8-19-39/h3,5-6,9-17,20-21,23,30,36H,2,4,7-8,18-19,22H2,1H3,(H,37,40)(H,38,41)/t30-/m1/s1. The molecule has 2 amide bonds. The van der Waals surface area contributed by atoms with Crippen molar-refractivity contribution >= 4 is 45.8 Å². The molecular weight excluding hydrogens is 540 g/mol. The summed E-state index contributed by atoms with van der Waals surface area (Å²) < 4.78 is 0. The Morgan fingerprint density at radius 1 is 0.952 bits per heavy atom. The second-order valence-corrected chi connectivity index (χ2v) is 11.8. The van der Waals surface area contributed by atoms with Crippen LogP contribution in [-0.4, -0.2) is 29.8 Å². The lowest BCUT2D eigenvalue weighted by atomic mass is 9.98. The maximum Gasteiger partial charge on any atom is 0.258 e. The number of likely N-dealkylation sites (tertiary alicyclic amines) is 1. The van der Waals surface area contributed by atoms with Gasteiger partial charge in [-0.2, -0.15) is 11.3 Å². The van der Waals surface area contributed by atoms with Gasteiger partial charge in [-0.15, -0.1) is 0 Å². The number of nitrogens with one attached hydrogen (secondary N) is 3. The van der Waals surface area contributed by atoms with E-state index in [-0.39, 0.29) is 17.9 Å². The first-order valence-electron chi connectivity index (χ1n) is 14.8. The molecule has 0 unspecified atom stereocenters. The lowest BCUT2D eigenvalue weighted by Gasteiger charge is -2.26. The fraction of sp³-hybridized carbons (Fsp3) is 0.257. The fourth-order valence-electron chi connectivity index (χ4n) is 5.80. The summed E-state index contributed by atoms with van der Waals surface area (Å²) in [6, 6.07) is 25.8. The lowest BCUT2D eigenvalue weighted by molar-refractivity contribution is -0.110. The van der Waals surface area contributed by atoms with E-state index >= 15 is 0 Å². The van der Waals surface area contributed by atoms with Crippen molar-refractivity contribution in [2.45, 2.75) is 45.2 Å². The first-order valence-corrected chi connectivity index (χ1v) is 15.7. The van der Waals surface area contributed by atoms with Crippen LogP contribution in [0.5, 0.6) is 0 Å². The average Bonchev–Trinajstić information content (AvgIpc) is 3.68. The first kappa shape index (κ1) is 27.9. The van der Waals surface area contributed by atoms with Gasteiger partial charge in [0.2, 0.25) is 0 Å². The van der Waals surface area contributed by atoms with E-state index in [1.54, 1.807) is 17.4 Å². The molecule has 6 rings (SSSR count). The molecule has 1 aromatic heterocycles. The summed E-state index contributed by atoms with van der Waals surface area (Å²) in [5.41, 5.74) is 7.39. The van der Waals surface area contributed by atoms with Gasteiger partial charge in [-0.25, -0.2) is 0 Å². The second-order valence-electron chi connectivity index (χ2n) is 11.0. The zero-order chi connectivity index (χ0) is 28.9. The van der Waals surface area contributed by atoms with Gasteiger partial charge in [0.1, 0.15) is 0 Å². The quantitative estimate of drug-likeness (QED) is 0.180. The molecule has 1 fully saturated rings. The summed E-state index contributed by atoms with van der Waals surface area (Å²) >= 11 is 1.58. The number of piperidine rings is 1. The maximum absolute atomic E-state index is 13.4. The van der Waals surface area contributed by atoms with Crippen molar-refractivity contribution in [2.75, 3.05) is 23.7 Å². The van der Waals surface area contributed by atoms with Gasteiger partial charge >= 0.3 is 0 Å². The number of carbonyl (C=O) groups is 2. The number of anilines is 2. The molecule has 214 valence electrons. The number of thiophene rings is 1. The van der Waals surface area contributed by atoms with Gasteiger partial charge < -0.3 is 16.0 Å². The molecule has 4 aromatic rings. The smallest absolute Gasteiger partial charge is 0.258 e. The van der Waals surface area contributed by atoms with Gasteiger partial charge in [0.15, 0.2) is 0 Å². The highest BCUT2D eigenvalue weighted by Crippen LogP contribution is 2.38. The van der Waals surface area contributed by atoms with Crippen molar-refractivity contribution in [3.63, 3.8) is 0 Å². The molecule has 6 nitrogen and oxygen atoms in total. The van der Waals surface area contributed by atoms with Crippen molar-refractivity contribution in [3.05, 3.63) is 117 Å². The second kappa shape index (κ2) is 12.8. The monoisotopic (exact) mass is 576 g/mol. The van der Waals surface area contributed by atoms with Crippen LogP contribution in [0.15, 0.2) is 89.6 Å². The number of fused-ring (bicyclic) bond motifs is 1. The SMILES string of the molecule is CC[C@@H](NC(=O)c1ccc2c(c1)C(=C(Nc1ccc(CN3CCCCC3)cc1)c1ccsc1)C(=O)N2)c1ccccc1. The Hall–Kier alpha value is -4.20. The third-order valence-electron chi connectivity index (χ3n) is 8.08. The molecule has 1 saturated heterocycles. The Morgan fingerprint density at radius 2 is 1.74 bits per heavy atom. The number of benzene rings is 3. The topological polar surface area (TPSA) is 73.5 Å². The summed E-state index contributed by atoms with van der Waals surface area (Å²) in [7, 11) is 0. The van der Waals surface area contributed by atoms with Gasteiger partial charge in [-0.3, -0.25) is 14.5 Å². The van der Waals surface area contributed by atoms with Crippen molar-refractivity contribution in [2.24, 2.45) is 0 Å². The molecule has 2 aliphatic heterocycles. The summed E-state index contributed by atoms with van der Waals surface area (Å²) in [6.45, 7) is 5.34. The van der Waals surface area contributed by atoms with Crippen LogP contribution in [0.25, 0.3) is 11.3 Å². The third-order valence-corrected chi connectivity index (χ3v) is 8.76. The van der Waals surface area contributed by atoms with Crippen LogP contribution in [0.2, 0.25) is 0 Å². The predicted octanol–water partition coefficient (Wildman–Crippen LogP) is 7.55. The van der Waals surface area contributed by atoms with E-state index < -0.39 is 0 Å². The van der Waals surface area contributed by atoms with E-state index in [0.29, 0.717) is 16.8 Å². The summed E-state index contributed by atoms with van der Waals surface area (Å²) in [5, 5.41) is 13.8. The number of hydrogen-bond acceptors (Lipinski definition) is 5. The maximum atomic E-state index is 13.4. The van der Waals surface area contributed by atoms with Crippen LogP contribution in [0.1, 0.15) is 71.3 Å². The highest BCUT2D eigenvalue weighted by atomic mass is 32.1. The minimum atomic E-state index is -0.186. The van der Waals surface area contributed by atoms with E-state index in [4.69, 9.17) is 0 Å². The van der Waals surface area contributed by atoms with Crippen LogP contribution in [0.3, 0.4) is 0 Å². The molecule has 0 saturated carbocycles. The normalized spacial score (nSPS) is 16.8. The third kappa shape index (κ3) is 6.17. The minimum Gasteiger partial charge on any atom is -0.354 e. The lowest BCUT2D eigenvalue weighted by Crippen LogP contribution is -2.29. The van der Waals surface area contributed by atoms with Gasteiger partial charge in [0.05, 0.1) is 17.3 Å². The molecule has 0 bridgehead atoms. The van der Waals surface area contributed by atoms with Crippen molar-refractivity contribution < 1.29 is 9.59 Å². The Bertz CT molecular complexity index is 1570.